The zero-order valence-corrected chi connectivity index (χ0v) is 19.6. The molecule has 0 N–H and O–H groups in total. The number of hydrogen-bond donors (Lipinski definition) is 0. The van der Waals surface area contributed by atoms with Crippen molar-refractivity contribution in [3.8, 4) is 22.9 Å². The highest BCUT2D eigenvalue weighted by Gasteiger charge is 2.47. The van der Waals surface area contributed by atoms with Gasteiger partial charge >= 0.3 is 0 Å². The van der Waals surface area contributed by atoms with E-state index in [-0.39, 0.29) is 11.9 Å². The fourth-order valence-corrected chi connectivity index (χ4v) is 5.30. The van der Waals surface area contributed by atoms with Crippen molar-refractivity contribution in [1.82, 2.24) is 29.2 Å². The first-order valence-electron chi connectivity index (χ1n) is 11.4. The maximum atomic E-state index is 13.0. The van der Waals surface area contributed by atoms with E-state index in [9.17, 15) is 14.9 Å². The van der Waals surface area contributed by atoms with E-state index in [0.717, 1.165) is 36.1 Å². The standard InChI is InChI=1S/C24H27N7O3/c1-16-20(17-8-21(34-3)22-18(9-25)10-26-30(22)12-17)11-27-31(16)19-4-6-29(7-5-19)23(33)24(2)13-28(14-24)15-32/h8,10-12,15,19H,4-7,13-14H2,1-3H3. The van der Waals surface area contributed by atoms with Crippen LogP contribution < -0.4 is 4.74 Å². The second-order valence-electron chi connectivity index (χ2n) is 9.44. The number of nitrogens with zero attached hydrogens (tertiary/aromatic N) is 7. The van der Waals surface area contributed by atoms with E-state index in [1.165, 1.54) is 6.20 Å². The Morgan fingerprint density at radius 2 is 2.00 bits per heavy atom. The Hall–Kier alpha value is -3.87. The van der Waals surface area contributed by atoms with E-state index in [1.54, 1.807) is 16.5 Å². The lowest BCUT2D eigenvalue weighted by Crippen LogP contribution is -2.62. The highest BCUT2D eigenvalue weighted by atomic mass is 16.5. The zero-order chi connectivity index (χ0) is 24.0. The summed E-state index contributed by atoms with van der Waals surface area (Å²) in [6, 6.07) is 4.27. The summed E-state index contributed by atoms with van der Waals surface area (Å²) in [6.45, 7) is 6.34. The lowest BCUT2D eigenvalue weighted by molar-refractivity contribution is -0.155. The molecule has 2 aliphatic heterocycles. The van der Waals surface area contributed by atoms with E-state index >= 15 is 0 Å². The first-order valence-corrected chi connectivity index (χ1v) is 11.4. The predicted octanol–water partition coefficient (Wildman–Crippen LogP) is 2.03. The number of carbonyl (C=O) groups is 2. The minimum absolute atomic E-state index is 0.137. The normalized spacial score (nSPS) is 17.9. The molecular formula is C24H27N7O3. The molecule has 0 atom stereocenters. The molecule has 0 spiro atoms. The summed E-state index contributed by atoms with van der Waals surface area (Å²) in [5.74, 6) is 0.724. The summed E-state index contributed by atoms with van der Waals surface area (Å²) in [7, 11) is 1.58. The lowest BCUT2D eigenvalue weighted by atomic mass is 9.80. The molecule has 5 rings (SSSR count). The molecule has 0 unspecified atom stereocenters. The largest absolute Gasteiger partial charge is 0.494 e. The van der Waals surface area contributed by atoms with Crippen LogP contribution in [0, 0.1) is 23.7 Å². The summed E-state index contributed by atoms with van der Waals surface area (Å²) in [6.07, 6.45) is 7.74. The van der Waals surface area contributed by atoms with Crippen LogP contribution in [-0.2, 0) is 9.59 Å². The molecular weight excluding hydrogens is 434 g/mol. The van der Waals surface area contributed by atoms with Gasteiger partial charge in [0, 0.05) is 49.2 Å². The van der Waals surface area contributed by atoms with E-state index < -0.39 is 5.41 Å². The van der Waals surface area contributed by atoms with Crippen LogP contribution in [-0.4, -0.2) is 74.8 Å². The Labute approximate surface area is 197 Å². The van der Waals surface area contributed by atoms with E-state index in [2.05, 4.69) is 20.9 Å². The summed E-state index contributed by atoms with van der Waals surface area (Å²) in [5, 5.41) is 18.3. The topological polar surface area (TPSA) is 109 Å². The minimum atomic E-state index is -0.460. The Morgan fingerprint density at radius 3 is 2.65 bits per heavy atom. The van der Waals surface area contributed by atoms with Gasteiger partial charge in [0.25, 0.3) is 0 Å². The molecule has 0 saturated carbocycles. The number of methoxy groups -OCH3 is 1. The average Bonchev–Trinajstić information content (AvgIpc) is 3.44. The van der Waals surface area contributed by atoms with E-state index in [1.807, 2.05) is 37.2 Å². The fourth-order valence-electron chi connectivity index (χ4n) is 5.30. The number of fused-ring (bicyclic) bond motifs is 1. The Balaban J connectivity index is 1.33. The van der Waals surface area contributed by atoms with E-state index in [4.69, 9.17) is 4.74 Å². The molecule has 0 aromatic carbocycles. The number of ether oxygens (including phenoxy) is 1. The third-order valence-electron chi connectivity index (χ3n) is 7.14. The molecule has 3 aromatic rings. The van der Waals surface area contributed by atoms with Gasteiger partial charge in [-0.05, 0) is 32.8 Å². The first kappa shape index (κ1) is 21.9. The van der Waals surface area contributed by atoms with Crippen molar-refractivity contribution < 1.29 is 14.3 Å². The van der Waals surface area contributed by atoms with Gasteiger partial charge in [-0.25, -0.2) is 4.52 Å². The highest BCUT2D eigenvalue weighted by molar-refractivity contribution is 5.85. The van der Waals surface area contributed by atoms with Crippen molar-refractivity contribution in [3.05, 3.63) is 35.9 Å². The molecule has 2 aliphatic rings. The van der Waals surface area contributed by atoms with Gasteiger partial charge in [0.1, 0.15) is 22.9 Å². The molecule has 5 heterocycles. The summed E-state index contributed by atoms with van der Waals surface area (Å²) in [4.78, 5) is 27.4. The Morgan fingerprint density at radius 1 is 1.26 bits per heavy atom. The molecule has 34 heavy (non-hydrogen) atoms. The number of aromatic nitrogens is 4. The summed E-state index contributed by atoms with van der Waals surface area (Å²) >= 11 is 0. The van der Waals surface area contributed by atoms with Crippen molar-refractivity contribution in [1.29, 1.82) is 5.26 Å². The molecule has 0 aliphatic carbocycles. The maximum Gasteiger partial charge on any atom is 0.232 e. The maximum absolute atomic E-state index is 13.0. The van der Waals surface area contributed by atoms with Gasteiger partial charge in [0.2, 0.25) is 12.3 Å². The third-order valence-corrected chi connectivity index (χ3v) is 7.14. The lowest BCUT2D eigenvalue weighted by Gasteiger charge is -2.47. The monoisotopic (exact) mass is 461 g/mol. The Bertz CT molecular complexity index is 1300. The number of carbonyl (C=O) groups excluding carboxylic acids is 2. The SMILES string of the molecule is COc1cc(-c2cnn(C3CCN(C(=O)C4(C)CN(C=O)C4)CC3)c2C)cn2ncc(C#N)c12. The van der Waals surface area contributed by atoms with Gasteiger partial charge in [0.15, 0.2) is 0 Å². The van der Waals surface area contributed by atoms with Crippen LogP contribution in [0.3, 0.4) is 0 Å². The molecule has 0 radical (unpaired) electrons. The summed E-state index contributed by atoms with van der Waals surface area (Å²) in [5.41, 5.74) is 3.57. The quantitative estimate of drug-likeness (QED) is 0.538. The number of amides is 2. The average molecular weight is 462 g/mol. The molecule has 10 nitrogen and oxygen atoms in total. The molecule has 2 amide bonds. The second-order valence-corrected chi connectivity index (χ2v) is 9.44. The fraction of sp³-hybridized carbons (Fsp3) is 0.458. The van der Waals surface area contributed by atoms with E-state index in [0.29, 0.717) is 43.0 Å². The van der Waals surface area contributed by atoms with Crippen LogP contribution in [0.1, 0.15) is 37.1 Å². The van der Waals surface area contributed by atoms with Crippen molar-refractivity contribution in [2.24, 2.45) is 5.41 Å². The molecule has 0 bridgehead atoms. The minimum Gasteiger partial charge on any atom is -0.494 e. The van der Waals surface area contributed by atoms with Gasteiger partial charge in [-0.15, -0.1) is 0 Å². The van der Waals surface area contributed by atoms with Crippen LogP contribution >= 0.6 is 0 Å². The number of rotatable bonds is 5. The van der Waals surface area contributed by atoms with Crippen LogP contribution in [0.25, 0.3) is 16.6 Å². The number of nitriles is 1. The van der Waals surface area contributed by atoms with Crippen molar-refractivity contribution in [2.45, 2.75) is 32.7 Å². The number of piperidine rings is 1. The van der Waals surface area contributed by atoms with Crippen molar-refractivity contribution in [2.75, 3.05) is 33.3 Å². The second kappa shape index (κ2) is 8.17. The van der Waals surface area contributed by atoms with Crippen molar-refractivity contribution >= 4 is 17.8 Å². The smallest absolute Gasteiger partial charge is 0.232 e. The number of pyridine rings is 1. The molecule has 2 fully saturated rings. The van der Waals surface area contributed by atoms with Crippen LogP contribution in [0.4, 0.5) is 0 Å². The highest BCUT2D eigenvalue weighted by Crippen LogP contribution is 2.35. The number of likely N-dealkylation sites (tertiary alicyclic amines) is 2. The first-order chi connectivity index (χ1) is 16.4. The molecule has 176 valence electrons. The van der Waals surface area contributed by atoms with Crippen molar-refractivity contribution in [3.63, 3.8) is 0 Å². The molecule has 10 heteroatoms. The van der Waals surface area contributed by atoms with Gasteiger partial charge < -0.3 is 14.5 Å². The predicted molar refractivity (Wildman–Crippen MR) is 123 cm³/mol. The van der Waals surface area contributed by atoms with Gasteiger partial charge in [-0.3, -0.25) is 14.3 Å². The van der Waals surface area contributed by atoms with Gasteiger partial charge in [0.05, 0.1) is 31.0 Å². The molecule has 3 aromatic heterocycles. The summed E-state index contributed by atoms with van der Waals surface area (Å²) < 4.78 is 9.26. The molecule has 2 saturated heterocycles. The van der Waals surface area contributed by atoms with Gasteiger partial charge in [-0.2, -0.15) is 15.5 Å². The third kappa shape index (κ3) is 3.39. The zero-order valence-electron chi connectivity index (χ0n) is 19.6. The van der Waals surface area contributed by atoms with Crippen LogP contribution in [0.2, 0.25) is 0 Å². The number of hydrogen-bond acceptors (Lipinski definition) is 6. The van der Waals surface area contributed by atoms with Gasteiger partial charge in [-0.1, -0.05) is 0 Å². The van der Waals surface area contributed by atoms with Crippen LogP contribution in [0.15, 0.2) is 24.7 Å². The van der Waals surface area contributed by atoms with Crippen LogP contribution in [0.5, 0.6) is 5.75 Å². The Kier molecular flexibility index (Phi) is 5.27.